The van der Waals surface area contributed by atoms with E-state index < -0.39 is 259 Å². The van der Waals surface area contributed by atoms with Crippen molar-refractivity contribution in [2.45, 2.75) is 83.8 Å². The molecule has 0 aliphatic rings. The number of ether oxygens (including phenoxy) is 6. The Balaban J connectivity index is -0.000000106. The molecule has 0 aromatic rings. The van der Waals surface area contributed by atoms with Gasteiger partial charge in [0.05, 0.1) is 0 Å². The zero-order valence-corrected chi connectivity index (χ0v) is 55.8. The maximum atomic E-state index is 13.6. The summed E-state index contributed by atoms with van der Waals surface area (Å²) in [5, 5.41) is 0. The lowest BCUT2D eigenvalue weighted by Gasteiger charge is -2.38. The van der Waals surface area contributed by atoms with Gasteiger partial charge in [0.2, 0.25) is 0 Å². The van der Waals surface area contributed by atoms with Crippen molar-refractivity contribution in [1.29, 1.82) is 0 Å². The summed E-state index contributed by atoms with van der Waals surface area (Å²) in [5.41, 5.74) is 0. The van der Waals surface area contributed by atoms with Crippen LogP contribution >= 0.6 is 0 Å². The highest BCUT2D eigenvalue weighted by molar-refractivity contribution is 7.82. The number of hydrogen-bond donors (Lipinski definition) is 0. The van der Waals surface area contributed by atoms with Gasteiger partial charge in [0.25, 0.3) is 17.6 Å². The molecule has 700 valence electrons. The molecule has 0 amide bonds. The van der Waals surface area contributed by atoms with Crippen LogP contribution in [0.5, 0.6) is 0 Å². The first kappa shape index (κ1) is 134. The molecule has 0 N–H and O–H groups in total. The number of aldehydes is 2. The molecule has 0 radical (unpaired) electrons. The van der Waals surface area contributed by atoms with Crippen LogP contribution in [0.4, 0.5) is 229 Å². The van der Waals surface area contributed by atoms with Gasteiger partial charge < -0.3 is 9.47 Å². The van der Waals surface area contributed by atoms with Crippen LogP contribution in [0.3, 0.4) is 0 Å². The maximum absolute atomic E-state index is 13.6. The van der Waals surface area contributed by atoms with Gasteiger partial charge in [0.15, 0.2) is 66.0 Å². The Morgan fingerprint density at radius 3 is 0.518 bits per heavy atom. The molecule has 0 aliphatic heterocycles. The summed E-state index contributed by atoms with van der Waals surface area (Å²) >= 11 is 0. The zero-order chi connectivity index (χ0) is 96.6. The van der Waals surface area contributed by atoms with Crippen molar-refractivity contribution in [3.63, 3.8) is 0 Å². The standard InChI is InChI=1S/C9H5F13O3.C8H4F12O2.C6H5F7O2.C5H4F6O.8F2O2S/c10-1-4(12,2-11)24-6(14,8(18,19)20)9(21,22)25-5(13,3-23)7(15,16)17;9-1-5(14,2-10)22-6(15,7(16,17)18)8(19,20)21-4(13)3(11)12;7-1-4(9,2-8)15-5(10,3-14)6(11,12)13;6-1-5(11,2-7)12-4(10)3(8)9;8*1-5(2,3)4/h3H,1-2H2;1-2H2;3H,1-2H2;1-2H2;;;;;;;;. The number of carbonyl (C=O) groups is 2. The van der Waals surface area contributed by atoms with E-state index in [1.165, 1.54) is 0 Å². The summed E-state index contributed by atoms with van der Waals surface area (Å²) in [7, 11) is -45.3. The highest BCUT2D eigenvalue weighted by Crippen LogP contribution is 2.53. The number of rotatable bonds is 24. The number of hydrogen-bond acceptors (Lipinski definition) is 24. The smallest absolute Gasteiger partial charge is 0.424 e. The van der Waals surface area contributed by atoms with Crippen molar-refractivity contribution in [2.75, 3.05) is 53.4 Å². The molecule has 4 unspecified atom stereocenters. The minimum absolute atomic E-state index is 1.42. The highest BCUT2D eigenvalue weighted by atomic mass is 32.3. The van der Waals surface area contributed by atoms with Crippen LogP contribution in [0.2, 0.25) is 0 Å². The van der Waals surface area contributed by atoms with Gasteiger partial charge in [-0.15, -0.1) is 0 Å². The molecule has 114 heavy (non-hydrogen) atoms. The largest absolute Gasteiger partial charge is 0.476 e. The Hall–Kier alpha value is -5.92. The summed E-state index contributed by atoms with van der Waals surface area (Å²) in [6.45, 7) is -20.6. The molecule has 86 heteroatoms. The van der Waals surface area contributed by atoms with E-state index in [1.54, 1.807) is 0 Å². The molecule has 24 nitrogen and oxygen atoms in total. The van der Waals surface area contributed by atoms with Crippen LogP contribution in [0, 0.1) is 0 Å². The van der Waals surface area contributed by atoms with E-state index in [0.29, 0.717) is 0 Å². The normalized spacial score (nSPS) is 14.9. The predicted molar refractivity (Wildman–Crippen MR) is 241 cm³/mol. The van der Waals surface area contributed by atoms with E-state index in [4.69, 9.17) is 67.3 Å². The third kappa shape index (κ3) is 81.2. The molecule has 0 bridgehead atoms. The van der Waals surface area contributed by atoms with Gasteiger partial charge in [-0.05, 0) is 0 Å². The molecule has 0 aliphatic carbocycles. The minimum Gasteiger partial charge on any atom is -0.424 e. The fourth-order valence-electron chi connectivity index (χ4n) is 2.66. The van der Waals surface area contributed by atoms with Gasteiger partial charge >= 0.3 is 175 Å². The summed E-state index contributed by atoms with van der Waals surface area (Å²) in [6, 6.07) is -6.27. The molecule has 4 atom stereocenters. The van der Waals surface area contributed by atoms with E-state index in [9.17, 15) is 239 Å². The first-order valence-electron chi connectivity index (χ1n) is 21.3. The summed E-state index contributed by atoms with van der Waals surface area (Å²) < 4.78 is 772. The first-order chi connectivity index (χ1) is 48.6. The molecule has 0 saturated carbocycles. The van der Waals surface area contributed by atoms with E-state index >= 15 is 0 Å². The SMILES string of the molecule is FCC(F)(CF)OC(F)(C(F)(F)F)C(F)(F)OC(F)=C(F)F.FCC(F)(CF)OC(F)=C(F)F.O=CC(F)(OC(F)(CF)CF)C(F)(F)F.O=CC(F)(OC(F)(F)C(F)(OC(F)(CF)CF)C(F)(F)F)C(F)(F)F.O=S(=O)(F)F.O=S(=O)(F)F.O=S(=O)(F)F.O=S(=O)(F)F.O=S(=O)(F)F.O=S(=O)(F)F.O=S(=O)(F)F.O=S(=O)(F)F. The third-order valence-corrected chi connectivity index (χ3v) is 6.19. The van der Waals surface area contributed by atoms with Gasteiger partial charge in [0.1, 0.15) is 0 Å². The Morgan fingerprint density at radius 1 is 0.228 bits per heavy atom. The third-order valence-electron chi connectivity index (χ3n) is 6.19. The van der Waals surface area contributed by atoms with Crippen LogP contribution in [0.25, 0.3) is 0 Å². The average molecular weight is 2020 g/mol. The van der Waals surface area contributed by atoms with Crippen LogP contribution in [0.1, 0.15) is 0 Å². The Kier molecular flexibility index (Phi) is 59.8. The summed E-state index contributed by atoms with van der Waals surface area (Å²) in [4.78, 5) is 19.7. The molecule has 0 spiro atoms. The molecule has 0 aromatic carbocycles. The minimum atomic E-state index is -7.20. The topological polar surface area (TPSA) is 363 Å². The molecular weight excluding hydrogens is 2000 g/mol. The van der Waals surface area contributed by atoms with Crippen LogP contribution in [-0.2, 0) is 123 Å². The lowest BCUT2D eigenvalue weighted by atomic mass is 10.2. The second-order valence-electron chi connectivity index (χ2n) is 15.0. The van der Waals surface area contributed by atoms with Gasteiger partial charge in [-0.2, -0.15) is 186 Å². The first-order valence-corrected chi connectivity index (χ1v) is 31.5. The van der Waals surface area contributed by atoms with Crippen molar-refractivity contribution in [3.8, 4) is 0 Å². The Bertz CT molecular complexity index is 3380. The monoisotopic (exact) mass is 2020 g/mol. The van der Waals surface area contributed by atoms with E-state index in [1.807, 2.05) is 4.74 Å². The van der Waals surface area contributed by atoms with Crippen molar-refractivity contribution >= 4 is 97.4 Å². The summed E-state index contributed by atoms with van der Waals surface area (Å²) in [5.74, 6) is -42.7. The summed E-state index contributed by atoms with van der Waals surface area (Å²) in [6.07, 6.45) is -50.8. The molecule has 0 rings (SSSR count). The number of halogens is 54. The zero-order valence-electron chi connectivity index (χ0n) is 49.3. The second kappa shape index (κ2) is 50.8. The molecule has 0 heterocycles. The Morgan fingerprint density at radius 2 is 0.377 bits per heavy atom. The molecular formula is C28H18F54O24S8. The van der Waals surface area contributed by atoms with E-state index in [-0.39, 0.29) is 0 Å². The van der Waals surface area contributed by atoms with Crippen LogP contribution in [-0.4, -0.2) is 217 Å². The lowest BCUT2D eigenvalue weighted by Crippen LogP contribution is -2.65. The van der Waals surface area contributed by atoms with Crippen molar-refractivity contribution in [1.82, 2.24) is 0 Å². The van der Waals surface area contributed by atoms with Crippen molar-refractivity contribution in [3.05, 3.63) is 24.2 Å². The quantitative estimate of drug-likeness (QED) is 0.0375. The van der Waals surface area contributed by atoms with E-state index in [2.05, 4.69) is 23.7 Å². The molecule has 0 saturated heterocycles. The van der Waals surface area contributed by atoms with E-state index in [0.717, 1.165) is 0 Å². The van der Waals surface area contributed by atoms with Gasteiger partial charge in [-0.25, -0.2) is 48.3 Å². The van der Waals surface area contributed by atoms with Crippen LogP contribution < -0.4 is 0 Å². The second-order valence-corrected chi connectivity index (χ2v) is 21.1. The lowest BCUT2D eigenvalue weighted by molar-refractivity contribution is -0.514. The fourth-order valence-corrected chi connectivity index (χ4v) is 2.66. The number of carbonyl (C=O) groups excluding carboxylic acids is 2. The Labute approximate surface area is 592 Å². The molecule has 0 fully saturated rings. The van der Waals surface area contributed by atoms with Gasteiger partial charge in [-0.1, -0.05) is 62.2 Å². The van der Waals surface area contributed by atoms with Gasteiger partial charge in [0, 0.05) is 0 Å². The van der Waals surface area contributed by atoms with Gasteiger partial charge in [-0.3, -0.25) is 28.5 Å². The highest BCUT2D eigenvalue weighted by Gasteiger charge is 2.81. The van der Waals surface area contributed by atoms with Crippen molar-refractivity contribution in [2.24, 2.45) is 0 Å². The fraction of sp³-hybridized carbons (Fsp3) is 0.786. The number of alkyl halides is 32. The average Bonchev–Trinajstić information content (AvgIpc) is 0.746. The predicted octanol–water partition coefficient (Wildman–Crippen LogP) is 14.4. The van der Waals surface area contributed by atoms with Crippen molar-refractivity contribution < 1.29 is 334 Å². The van der Waals surface area contributed by atoms with Crippen LogP contribution in [0.15, 0.2) is 24.2 Å². The molecule has 0 aromatic heterocycles. The maximum Gasteiger partial charge on any atom is 0.476 e.